The molecule has 1 aromatic heterocycles. The minimum absolute atomic E-state index is 0.0523. The van der Waals surface area contributed by atoms with Gasteiger partial charge in [0.15, 0.2) is 0 Å². The van der Waals surface area contributed by atoms with Crippen molar-refractivity contribution in [3.8, 4) is 11.3 Å². The first-order valence-electron chi connectivity index (χ1n) is 7.66. The Labute approximate surface area is 128 Å². The zero-order chi connectivity index (χ0) is 14.9. The number of hydrogen-bond donors (Lipinski definition) is 1. The molecule has 1 saturated heterocycles. The summed E-state index contributed by atoms with van der Waals surface area (Å²) in [5.41, 5.74) is 2.44. The Hall–Kier alpha value is -2.62. The summed E-state index contributed by atoms with van der Waals surface area (Å²) in [4.78, 5) is 14.3. The molecule has 0 spiro atoms. The second-order valence-electron chi connectivity index (χ2n) is 5.69. The maximum Gasteiger partial charge on any atom is 0.271 e. The highest BCUT2D eigenvalue weighted by atomic mass is 16.2. The van der Waals surface area contributed by atoms with E-state index in [1.807, 2.05) is 35.2 Å². The highest BCUT2D eigenvalue weighted by Crippen LogP contribution is 2.27. The molecule has 1 N–H and O–H groups in total. The molecule has 0 aliphatic carbocycles. The topological polar surface area (TPSA) is 49.0 Å². The highest BCUT2D eigenvalue weighted by Gasteiger charge is 2.21. The third kappa shape index (κ3) is 2.17. The lowest BCUT2D eigenvalue weighted by molar-refractivity contribution is 0.0787. The summed E-state index contributed by atoms with van der Waals surface area (Å²) >= 11 is 0. The first kappa shape index (κ1) is 13.1. The highest BCUT2D eigenvalue weighted by molar-refractivity contribution is 5.98. The van der Waals surface area contributed by atoms with Crippen molar-refractivity contribution in [2.75, 3.05) is 13.1 Å². The van der Waals surface area contributed by atoms with E-state index in [1.54, 1.807) is 0 Å². The van der Waals surface area contributed by atoms with E-state index in [4.69, 9.17) is 0 Å². The number of carbonyl (C=O) groups excluding carboxylic acids is 1. The zero-order valence-electron chi connectivity index (χ0n) is 12.2. The third-order valence-electron chi connectivity index (χ3n) is 4.27. The predicted octanol–water partition coefficient (Wildman–Crippen LogP) is 3.47. The minimum Gasteiger partial charge on any atom is -0.337 e. The first-order chi connectivity index (χ1) is 10.8. The summed E-state index contributed by atoms with van der Waals surface area (Å²) in [6.45, 7) is 1.70. The molecule has 0 atom stereocenters. The lowest BCUT2D eigenvalue weighted by atomic mass is 10.0. The number of nitrogens with zero attached hydrogens (tertiary/aromatic N) is 2. The van der Waals surface area contributed by atoms with E-state index < -0.39 is 0 Å². The monoisotopic (exact) mass is 291 g/mol. The molecule has 1 aliphatic heterocycles. The summed E-state index contributed by atoms with van der Waals surface area (Å²) in [5, 5.41) is 9.59. The minimum atomic E-state index is 0.0523. The van der Waals surface area contributed by atoms with Gasteiger partial charge in [0, 0.05) is 18.7 Å². The van der Waals surface area contributed by atoms with Crippen molar-refractivity contribution in [1.82, 2.24) is 15.1 Å². The second kappa shape index (κ2) is 5.30. The van der Waals surface area contributed by atoms with Gasteiger partial charge in [-0.2, -0.15) is 5.10 Å². The van der Waals surface area contributed by atoms with E-state index >= 15 is 0 Å². The predicted molar refractivity (Wildman–Crippen MR) is 86.7 cm³/mol. The van der Waals surface area contributed by atoms with Gasteiger partial charge in [-0.25, -0.2) is 0 Å². The van der Waals surface area contributed by atoms with Gasteiger partial charge in [0.25, 0.3) is 5.91 Å². The zero-order valence-corrected chi connectivity index (χ0v) is 12.2. The number of nitrogens with one attached hydrogen (secondary N) is 1. The van der Waals surface area contributed by atoms with Gasteiger partial charge < -0.3 is 4.90 Å². The molecule has 4 heteroatoms. The fraction of sp³-hybridized carbons (Fsp3) is 0.222. The van der Waals surface area contributed by atoms with Gasteiger partial charge in [-0.1, -0.05) is 42.5 Å². The molecule has 22 heavy (non-hydrogen) atoms. The second-order valence-corrected chi connectivity index (χ2v) is 5.69. The standard InChI is InChI=1S/C18H17N3O/c22-18(21-10-3-4-11-21)17-12-16(19-20-17)15-9-5-7-13-6-1-2-8-14(13)15/h1-2,5-9,12H,3-4,10-11H2,(H,19,20). The Balaban J connectivity index is 1.72. The van der Waals surface area contributed by atoms with Crippen LogP contribution in [0.1, 0.15) is 23.3 Å². The van der Waals surface area contributed by atoms with Crippen molar-refractivity contribution < 1.29 is 4.79 Å². The van der Waals surface area contributed by atoms with Gasteiger partial charge in [0.05, 0.1) is 5.69 Å². The van der Waals surface area contributed by atoms with Crippen LogP contribution >= 0.6 is 0 Å². The number of H-pyrrole nitrogens is 1. The Morgan fingerprint density at radius 3 is 2.68 bits per heavy atom. The van der Waals surface area contributed by atoms with E-state index in [0.717, 1.165) is 42.6 Å². The van der Waals surface area contributed by atoms with Gasteiger partial charge in [-0.15, -0.1) is 0 Å². The van der Waals surface area contributed by atoms with Crippen LogP contribution in [-0.4, -0.2) is 34.1 Å². The fourth-order valence-corrected chi connectivity index (χ4v) is 3.11. The van der Waals surface area contributed by atoms with Gasteiger partial charge in [-0.05, 0) is 29.7 Å². The van der Waals surface area contributed by atoms with Crippen LogP contribution in [0.2, 0.25) is 0 Å². The lowest BCUT2D eigenvalue weighted by Crippen LogP contribution is -2.27. The smallest absolute Gasteiger partial charge is 0.271 e. The number of amides is 1. The summed E-state index contributed by atoms with van der Waals surface area (Å²) in [5.74, 6) is 0.0523. The van der Waals surface area contributed by atoms with Crippen molar-refractivity contribution in [3.05, 3.63) is 54.2 Å². The molecule has 0 unspecified atom stereocenters. The number of aromatic amines is 1. The van der Waals surface area contributed by atoms with E-state index in [0.29, 0.717) is 5.69 Å². The molecule has 1 fully saturated rings. The SMILES string of the molecule is O=C(c1cc(-c2cccc3ccccc23)n[nH]1)N1CCCC1. The summed E-state index contributed by atoms with van der Waals surface area (Å²) in [6, 6.07) is 16.2. The number of benzene rings is 2. The largest absolute Gasteiger partial charge is 0.337 e. The maximum absolute atomic E-state index is 12.4. The maximum atomic E-state index is 12.4. The van der Waals surface area contributed by atoms with Gasteiger partial charge in [0.2, 0.25) is 0 Å². The van der Waals surface area contributed by atoms with Crippen LogP contribution in [0.5, 0.6) is 0 Å². The Kier molecular flexibility index (Phi) is 3.15. The molecular formula is C18H17N3O. The van der Waals surface area contributed by atoms with Crippen molar-refractivity contribution in [1.29, 1.82) is 0 Å². The molecule has 0 saturated carbocycles. The summed E-state index contributed by atoms with van der Waals surface area (Å²) in [6.07, 6.45) is 2.19. The van der Waals surface area contributed by atoms with Crippen molar-refractivity contribution in [3.63, 3.8) is 0 Å². The van der Waals surface area contributed by atoms with Gasteiger partial charge in [-0.3, -0.25) is 9.89 Å². The number of likely N-dealkylation sites (tertiary alicyclic amines) is 1. The molecule has 2 heterocycles. The van der Waals surface area contributed by atoms with E-state index in [1.165, 1.54) is 5.39 Å². The molecule has 2 aromatic carbocycles. The fourth-order valence-electron chi connectivity index (χ4n) is 3.11. The Morgan fingerprint density at radius 2 is 1.82 bits per heavy atom. The molecule has 1 amide bonds. The number of carbonyl (C=O) groups is 1. The van der Waals surface area contributed by atoms with E-state index in [2.05, 4.69) is 28.4 Å². The molecule has 110 valence electrons. The molecule has 0 radical (unpaired) electrons. The summed E-state index contributed by atoms with van der Waals surface area (Å²) < 4.78 is 0. The molecule has 4 nitrogen and oxygen atoms in total. The molecule has 0 bridgehead atoms. The number of rotatable bonds is 2. The van der Waals surface area contributed by atoms with Crippen LogP contribution in [0.3, 0.4) is 0 Å². The van der Waals surface area contributed by atoms with Crippen LogP contribution in [0.4, 0.5) is 0 Å². The van der Waals surface area contributed by atoms with Crippen LogP contribution in [0.15, 0.2) is 48.5 Å². The van der Waals surface area contributed by atoms with Crippen LogP contribution in [0.25, 0.3) is 22.0 Å². The molecule has 4 rings (SSSR count). The van der Waals surface area contributed by atoms with E-state index in [9.17, 15) is 4.79 Å². The lowest BCUT2D eigenvalue weighted by Gasteiger charge is -2.12. The molecule has 1 aliphatic rings. The Bertz CT molecular complexity index is 826. The van der Waals surface area contributed by atoms with Crippen molar-refractivity contribution in [2.24, 2.45) is 0 Å². The molecular weight excluding hydrogens is 274 g/mol. The number of fused-ring (bicyclic) bond motifs is 1. The Morgan fingerprint density at radius 1 is 1.05 bits per heavy atom. The summed E-state index contributed by atoms with van der Waals surface area (Å²) in [7, 11) is 0. The van der Waals surface area contributed by atoms with Crippen molar-refractivity contribution in [2.45, 2.75) is 12.8 Å². The molecule has 3 aromatic rings. The normalized spacial score (nSPS) is 14.6. The number of aromatic nitrogens is 2. The van der Waals surface area contributed by atoms with Gasteiger partial charge in [0.1, 0.15) is 5.69 Å². The van der Waals surface area contributed by atoms with Crippen LogP contribution < -0.4 is 0 Å². The van der Waals surface area contributed by atoms with Crippen LogP contribution in [0, 0.1) is 0 Å². The quantitative estimate of drug-likeness (QED) is 0.786. The average molecular weight is 291 g/mol. The number of hydrogen-bond acceptors (Lipinski definition) is 2. The average Bonchev–Trinajstić information content (AvgIpc) is 3.25. The van der Waals surface area contributed by atoms with Crippen molar-refractivity contribution >= 4 is 16.7 Å². The van der Waals surface area contributed by atoms with E-state index in [-0.39, 0.29) is 5.91 Å². The van der Waals surface area contributed by atoms with Gasteiger partial charge >= 0.3 is 0 Å². The third-order valence-corrected chi connectivity index (χ3v) is 4.27. The van der Waals surface area contributed by atoms with Crippen LogP contribution in [-0.2, 0) is 0 Å². The first-order valence-corrected chi connectivity index (χ1v) is 7.66.